The Morgan fingerprint density at radius 2 is 1.91 bits per heavy atom. The summed E-state index contributed by atoms with van der Waals surface area (Å²) in [5.41, 5.74) is 1.27. The highest BCUT2D eigenvalue weighted by Gasteiger charge is 2.32. The van der Waals surface area contributed by atoms with Gasteiger partial charge in [0.15, 0.2) is 0 Å². The van der Waals surface area contributed by atoms with E-state index < -0.39 is 5.97 Å². The molecule has 5 heteroatoms. The zero-order valence-electron chi connectivity index (χ0n) is 12.5. The van der Waals surface area contributed by atoms with Crippen LogP contribution in [0.15, 0.2) is 36.4 Å². The molecule has 116 valence electrons. The lowest BCUT2D eigenvalue weighted by atomic mass is 10.0. The van der Waals surface area contributed by atoms with Gasteiger partial charge in [0.05, 0.1) is 13.0 Å². The van der Waals surface area contributed by atoms with Crippen molar-refractivity contribution in [1.82, 2.24) is 4.90 Å². The zero-order valence-corrected chi connectivity index (χ0v) is 13.3. The molecule has 1 aromatic carbocycles. The molecule has 1 aromatic heterocycles. The Hall–Kier alpha value is -1.85. The van der Waals surface area contributed by atoms with Gasteiger partial charge < -0.3 is 9.84 Å². The lowest BCUT2D eigenvalue weighted by Gasteiger charge is -2.36. The molecule has 2 heterocycles. The summed E-state index contributed by atoms with van der Waals surface area (Å²) in [4.78, 5) is 15.6. The first-order chi connectivity index (χ1) is 10.6. The number of likely N-dealkylation sites (tertiary alicyclic amines) is 1. The van der Waals surface area contributed by atoms with Gasteiger partial charge in [-0.15, -0.1) is 11.3 Å². The minimum atomic E-state index is -0.678. The molecule has 3 rings (SSSR count). The molecule has 0 saturated carbocycles. The summed E-state index contributed by atoms with van der Waals surface area (Å²) in [6.45, 7) is 2.19. The number of carboxylic acids is 1. The van der Waals surface area contributed by atoms with Crippen LogP contribution in [0.1, 0.15) is 15.3 Å². The number of carboxylic acid groups (broad SMARTS) is 1. The molecule has 0 atom stereocenters. The number of carbonyl (C=O) groups is 1. The normalized spacial score (nSPS) is 15.5. The zero-order chi connectivity index (χ0) is 15.5. The van der Waals surface area contributed by atoms with Gasteiger partial charge in [-0.2, -0.15) is 0 Å². The van der Waals surface area contributed by atoms with Crippen molar-refractivity contribution in [3.8, 4) is 5.75 Å². The van der Waals surface area contributed by atoms with E-state index in [1.165, 1.54) is 15.3 Å². The van der Waals surface area contributed by atoms with Gasteiger partial charge in [-0.3, -0.25) is 9.69 Å². The quantitative estimate of drug-likeness (QED) is 0.890. The topological polar surface area (TPSA) is 49.8 Å². The van der Waals surface area contributed by atoms with Crippen molar-refractivity contribution in [3.05, 3.63) is 51.7 Å². The van der Waals surface area contributed by atoms with Gasteiger partial charge in [-0.05, 0) is 29.8 Å². The maximum atomic E-state index is 10.8. The molecular weight excluding hydrogens is 298 g/mol. The molecule has 1 fully saturated rings. The van der Waals surface area contributed by atoms with Gasteiger partial charge in [0.25, 0.3) is 0 Å². The van der Waals surface area contributed by atoms with Crippen LogP contribution in [0.2, 0.25) is 0 Å². The van der Waals surface area contributed by atoms with Crippen molar-refractivity contribution in [3.63, 3.8) is 0 Å². The molecule has 0 spiro atoms. The molecule has 1 N–H and O–H groups in total. The third-order valence-corrected chi connectivity index (χ3v) is 5.01. The van der Waals surface area contributed by atoms with Crippen LogP contribution in [0.25, 0.3) is 0 Å². The standard InChI is InChI=1S/C17H19NO3S/c1-21-14-4-2-12(3-5-14)8-15-6-7-16(22-15)11-18-9-13(10-18)17(19)20/h2-7,13H,8-11H2,1H3,(H,19,20). The Bertz CT molecular complexity index is 644. The molecule has 0 radical (unpaired) electrons. The molecule has 1 aliphatic rings. The lowest BCUT2D eigenvalue weighted by molar-refractivity contribution is -0.147. The first-order valence-electron chi connectivity index (χ1n) is 7.29. The summed E-state index contributed by atoms with van der Waals surface area (Å²) in [6, 6.07) is 12.5. The van der Waals surface area contributed by atoms with E-state index in [1.807, 2.05) is 12.1 Å². The second kappa shape index (κ2) is 6.50. The highest BCUT2D eigenvalue weighted by molar-refractivity contribution is 7.12. The summed E-state index contributed by atoms with van der Waals surface area (Å²) >= 11 is 1.80. The number of benzene rings is 1. The minimum Gasteiger partial charge on any atom is -0.497 e. The van der Waals surface area contributed by atoms with Crippen LogP contribution in [0.3, 0.4) is 0 Å². The Morgan fingerprint density at radius 3 is 2.55 bits per heavy atom. The molecule has 0 bridgehead atoms. The second-order valence-electron chi connectivity index (χ2n) is 5.62. The number of hydrogen-bond acceptors (Lipinski definition) is 4. The van der Waals surface area contributed by atoms with E-state index in [1.54, 1.807) is 18.4 Å². The third kappa shape index (κ3) is 3.48. The predicted octanol–water partition coefficient (Wildman–Crippen LogP) is 2.86. The molecule has 0 aliphatic carbocycles. The summed E-state index contributed by atoms with van der Waals surface area (Å²) < 4.78 is 5.17. The second-order valence-corrected chi connectivity index (χ2v) is 6.87. The number of aliphatic carboxylic acids is 1. The fraction of sp³-hybridized carbons (Fsp3) is 0.353. The molecule has 0 amide bonds. The first kappa shape index (κ1) is 15.1. The molecule has 1 aliphatic heterocycles. The Kier molecular flexibility index (Phi) is 4.45. The lowest BCUT2D eigenvalue weighted by Crippen LogP contribution is -2.49. The highest BCUT2D eigenvalue weighted by Crippen LogP contribution is 2.25. The smallest absolute Gasteiger partial charge is 0.309 e. The van der Waals surface area contributed by atoms with Gasteiger partial charge in [0.1, 0.15) is 5.75 Å². The Labute approximate surface area is 134 Å². The minimum absolute atomic E-state index is 0.182. The molecule has 4 nitrogen and oxygen atoms in total. The highest BCUT2D eigenvalue weighted by atomic mass is 32.1. The van der Waals surface area contributed by atoms with Crippen LogP contribution < -0.4 is 4.74 Å². The van der Waals surface area contributed by atoms with Crippen LogP contribution in [0.4, 0.5) is 0 Å². The summed E-state index contributed by atoms with van der Waals surface area (Å²) in [7, 11) is 1.67. The molecule has 1 saturated heterocycles. The van der Waals surface area contributed by atoms with Crippen LogP contribution in [-0.2, 0) is 17.8 Å². The van der Waals surface area contributed by atoms with Crippen molar-refractivity contribution in [2.24, 2.45) is 5.92 Å². The molecule has 22 heavy (non-hydrogen) atoms. The Morgan fingerprint density at radius 1 is 1.23 bits per heavy atom. The third-order valence-electron chi connectivity index (χ3n) is 3.94. The van der Waals surface area contributed by atoms with Crippen molar-refractivity contribution in [2.75, 3.05) is 20.2 Å². The van der Waals surface area contributed by atoms with Gasteiger partial charge in [0, 0.05) is 35.8 Å². The number of ether oxygens (including phenoxy) is 1. The number of nitrogens with zero attached hydrogens (tertiary/aromatic N) is 1. The monoisotopic (exact) mass is 317 g/mol. The van der Waals surface area contributed by atoms with Crippen molar-refractivity contribution >= 4 is 17.3 Å². The van der Waals surface area contributed by atoms with Crippen LogP contribution >= 0.6 is 11.3 Å². The number of thiophene rings is 1. The average molecular weight is 317 g/mol. The summed E-state index contributed by atoms with van der Waals surface area (Å²) in [6.07, 6.45) is 0.923. The fourth-order valence-electron chi connectivity index (χ4n) is 2.62. The van der Waals surface area contributed by atoms with E-state index >= 15 is 0 Å². The van der Waals surface area contributed by atoms with Gasteiger partial charge in [0.2, 0.25) is 0 Å². The number of hydrogen-bond donors (Lipinski definition) is 1. The van der Waals surface area contributed by atoms with Crippen molar-refractivity contribution in [1.29, 1.82) is 0 Å². The Balaban J connectivity index is 1.54. The fourth-order valence-corrected chi connectivity index (χ4v) is 3.72. The van der Waals surface area contributed by atoms with Gasteiger partial charge in [-0.1, -0.05) is 12.1 Å². The van der Waals surface area contributed by atoms with Gasteiger partial charge in [-0.25, -0.2) is 0 Å². The van der Waals surface area contributed by atoms with E-state index in [0.717, 1.165) is 18.7 Å². The van der Waals surface area contributed by atoms with Crippen molar-refractivity contribution < 1.29 is 14.6 Å². The SMILES string of the molecule is COc1ccc(Cc2ccc(CN3CC(C(=O)O)C3)s2)cc1. The predicted molar refractivity (Wildman–Crippen MR) is 86.5 cm³/mol. The van der Waals surface area contributed by atoms with Crippen LogP contribution in [0.5, 0.6) is 5.75 Å². The maximum Gasteiger partial charge on any atom is 0.309 e. The number of methoxy groups -OCH3 is 1. The van der Waals surface area contributed by atoms with Crippen LogP contribution in [0, 0.1) is 5.92 Å². The van der Waals surface area contributed by atoms with E-state index in [0.29, 0.717) is 13.1 Å². The molecular formula is C17H19NO3S. The first-order valence-corrected chi connectivity index (χ1v) is 8.11. The van der Waals surface area contributed by atoms with Gasteiger partial charge >= 0.3 is 5.97 Å². The van der Waals surface area contributed by atoms with E-state index in [-0.39, 0.29) is 5.92 Å². The van der Waals surface area contributed by atoms with Crippen molar-refractivity contribution in [2.45, 2.75) is 13.0 Å². The molecule has 2 aromatic rings. The van der Waals surface area contributed by atoms with E-state index in [9.17, 15) is 4.79 Å². The largest absolute Gasteiger partial charge is 0.497 e. The molecule has 0 unspecified atom stereocenters. The summed E-state index contributed by atoms with van der Waals surface area (Å²) in [5, 5.41) is 8.89. The van der Waals surface area contributed by atoms with Crippen LogP contribution in [-0.4, -0.2) is 36.2 Å². The maximum absolute atomic E-state index is 10.8. The number of rotatable bonds is 6. The van der Waals surface area contributed by atoms with E-state index in [2.05, 4.69) is 29.2 Å². The van der Waals surface area contributed by atoms with E-state index in [4.69, 9.17) is 9.84 Å². The summed E-state index contributed by atoms with van der Waals surface area (Å²) in [5.74, 6) is 0.0164. The average Bonchev–Trinajstić information content (AvgIpc) is 2.90.